The first-order chi connectivity index (χ1) is 9.79. The molecular weight excluding hydrogens is 292 g/mol. The smallest absolute Gasteiger partial charge is 0.258 e. The molecule has 1 heterocycles. The molecule has 21 heavy (non-hydrogen) atoms. The minimum absolute atomic E-state index is 0. The van der Waals surface area contributed by atoms with Gasteiger partial charge in [-0.1, -0.05) is 12.1 Å². The maximum absolute atomic E-state index is 11.8. The van der Waals surface area contributed by atoms with Crippen LogP contribution in [0.3, 0.4) is 0 Å². The zero-order valence-corrected chi connectivity index (χ0v) is 13.1. The lowest BCUT2D eigenvalue weighted by atomic mass is 10.1. The highest BCUT2D eigenvalue weighted by Gasteiger charge is 2.15. The van der Waals surface area contributed by atoms with Crippen molar-refractivity contribution in [2.24, 2.45) is 0 Å². The van der Waals surface area contributed by atoms with Gasteiger partial charge in [0.05, 0.1) is 6.61 Å². The monoisotopic (exact) mass is 314 g/mol. The van der Waals surface area contributed by atoms with Crippen molar-refractivity contribution in [2.75, 3.05) is 26.3 Å². The van der Waals surface area contributed by atoms with Crippen molar-refractivity contribution in [1.82, 2.24) is 10.6 Å². The number of benzene rings is 1. The van der Waals surface area contributed by atoms with E-state index in [1.807, 2.05) is 25.1 Å². The summed E-state index contributed by atoms with van der Waals surface area (Å²) < 4.78 is 11.0. The summed E-state index contributed by atoms with van der Waals surface area (Å²) in [6.45, 7) is 4.37. The lowest BCUT2D eigenvalue weighted by Crippen LogP contribution is -2.47. The summed E-state index contributed by atoms with van der Waals surface area (Å²) in [6, 6.07) is 7.59. The van der Waals surface area contributed by atoms with Crippen LogP contribution >= 0.6 is 12.4 Å². The Balaban J connectivity index is 0.00000220. The number of rotatable bonds is 6. The van der Waals surface area contributed by atoms with Crippen LogP contribution < -0.4 is 20.1 Å². The van der Waals surface area contributed by atoms with Gasteiger partial charge < -0.3 is 20.1 Å². The SMILES string of the molecule is CCOc1ccccc1OCC(=O)NC1CCCNC1.Cl. The molecule has 1 saturated heterocycles. The number of ether oxygens (including phenoxy) is 2. The Morgan fingerprint density at radius 3 is 2.67 bits per heavy atom. The van der Waals surface area contributed by atoms with Crippen molar-refractivity contribution >= 4 is 18.3 Å². The molecule has 1 aromatic rings. The molecule has 2 N–H and O–H groups in total. The molecule has 5 nitrogen and oxygen atoms in total. The molecule has 1 atom stereocenters. The highest BCUT2D eigenvalue weighted by Crippen LogP contribution is 2.26. The van der Waals surface area contributed by atoms with Gasteiger partial charge >= 0.3 is 0 Å². The Hall–Kier alpha value is -1.46. The maximum Gasteiger partial charge on any atom is 0.258 e. The number of halogens is 1. The average Bonchev–Trinajstić information content (AvgIpc) is 2.48. The van der Waals surface area contributed by atoms with Gasteiger partial charge in [-0.2, -0.15) is 0 Å². The summed E-state index contributed by atoms with van der Waals surface area (Å²) in [5, 5.41) is 6.24. The van der Waals surface area contributed by atoms with Gasteiger partial charge in [-0.25, -0.2) is 0 Å². The van der Waals surface area contributed by atoms with Crippen LogP contribution in [0.1, 0.15) is 19.8 Å². The van der Waals surface area contributed by atoms with E-state index >= 15 is 0 Å². The van der Waals surface area contributed by atoms with Crippen LogP contribution in [0, 0.1) is 0 Å². The number of carbonyl (C=O) groups is 1. The van der Waals surface area contributed by atoms with Crippen molar-refractivity contribution in [3.8, 4) is 11.5 Å². The van der Waals surface area contributed by atoms with E-state index in [1.54, 1.807) is 6.07 Å². The number of carbonyl (C=O) groups excluding carboxylic acids is 1. The molecule has 1 fully saturated rings. The summed E-state index contributed by atoms with van der Waals surface area (Å²) >= 11 is 0. The van der Waals surface area contributed by atoms with E-state index in [9.17, 15) is 4.79 Å². The molecule has 1 aromatic carbocycles. The van der Waals surface area contributed by atoms with Crippen molar-refractivity contribution in [3.63, 3.8) is 0 Å². The van der Waals surface area contributed by atoms with Crippen LogP contribution in [-0.2, 0) is 4.79 Å². The molecule has 1 unspecified atom stereocenters. The normalized spacial score (nSPS) is 17.5. The number of hydrogen-bond donors (Lipinski definition) is 2. The standard InChI is InChI=1S/C15H22N2O3.ClH/c1-2-19-13-7-3-4-8-14(13)20-11-15(18)17-12-6-5-9-16-10-12;/h3-4,7-8,12,16H,2,5-6,9-11H2,1H3,(H,17,18);1H. The second-order valence-corrected chi connectivity index (χ2v) is 4.78. The van der Waals surface area contributed by atoms with Gasteiger partial charge in [0.15, 0.2) is 18.1 Å². The van der Waals surface area contributed by atoms with E-state index in [1.165, 1.54) is 0 Å². The third kappa shape index (κ3) is 5.81. The summed E-state index contributed by atoms with van der Waals surface area (Å²) in [7, 11) is 0. The van der Waals surface area contributed by atoms with Gasteiger partial charge in [0.25, 0.3) is 5.91 Å². The Labute approximate surface area is 131 Å². The van der Waals surface area contributed by atoms with Crippen LogP contribution in [0.25, 0.3) is 0 Å². The number of piperidine rings is 1. The fraction of sp³-hybridized carbons (Fsp3) is 0.533. The first-order valence-electron chi connectivity index (χ1n) is 7.14. The zero-order chi connectivity index (χ0) is 14.2. The minimum atomic E-state index is -0.0926. The number of amides is 1. The Morgan fingerprint density at radius 1 is 1.33 bits per heavy atom. The number of nitrogens with one attached hydrogen (secondary N) is 2. The van der Waals surface area contributed by atoms with Crippen molar-refractivity contribution in [3.05, 3.63) is 24.3 Å². The van der Waals surface area contributed by atoms with Crippen LogP contribution in [0.5, 0.6) is 11.5 Å². The Bertz CT molecular complexity index is 437. The fourth-order valence-corrected chi connectivity index (χ4v) is 2.23. The number of hydrogen-bond acceptors (Lipinski definition) is 4. The maximum atomic E-state index is 11.8. The minimum Gasteiger partial charge on any atom is -0.490 e. The van der Waals surface area contributed by atoms with Gasteiger partial charge in [-0.15, -0.1) is 12.4 Å². The molecule has 0 aliphatic carbocycles. The molecule has 0 saturated carbocycles. The third-order valence-corrected chi connectivity index (χ3v) is 3.17. The summed E-state index contributed by atoms with van der Waals surface area (Å²) in [6.07, 6.45) is 2.12. The predicted molar refractivity (Wildman–Crippen MR) is 84.4 cm³/mol. The molecule has 0 spiro atoms. The van der Waals surface area contributed by atoms with Crippen LogP contribution in [0.15, 0.2) is 24.3 Å². The van der Waals surface area contributed by atoms with Crippen molar-refractivity contribution < 1.29 is 14.3 Å². The topological polar surface area (TPSA) is 59.6 Å². The van der Waals surface area contributed by atoms with Crippen LogP contribution in [0.4, 0.5) is 0 Å². The Kier molecular flexibility index (Phi) is 7.93. The van der Waals surface area contributed by atoms with Gasteiger partial charge in [-0.3, -0.25) is 4.79 Å². The van der Waals surface area contributed by atoms with Crippen molar-refractivity contribution in [1.29, 1.82) is 0 Å². The molecule has 0 radical (unpaired) electrons. The van der Waals surface area contributed by atoms with Gasteiger partial charge in [-0.05, 0) is 38.4 Å². The molecule has 6 heteroatoms. The largest absolute Gasteiger partial charge is 0.490 e. The van der Waals surface area contributed by atoms with Crippen LogP contribution in [0.2, 0.25) is 0 Å². The zero-order valence-electron chi connectivity index (χ0n) is 12.3. The second kappa shape index (κ2) is 9.47. The molecule has 0 aromatic heterocycles. The first kappa shape index (κ1) is 17.6. The highest BCUT2D eigenvalue weighted by atomic mass is 35.5. The summed E-state index contributed by atoms with van der Waals surface area (Å²) in [4.78, 5) is 11.8. The molecule has 1 aliphatic rings. The first-order valence-corrected chi connectivity index (χ1v) is 7.14. The van der Waals surface area contributed by atoms with E-state index in [0.717, 1.165) is 25.9 Å². The quantitative estimate of drug-likeness (QED) is 0.840. The summed E-state index contributed by atoms with van der Waals surface area (Å²) in [5.74, 6) is 1.18. The number of para-hydroxylation sites is 2. The molecule has 118 valence electrons. The van der Waals surface area contributed by atoms with Gasteiger partial charge in [0, 0.05) is 12.6 Å². The molecule has 1 aliphatic heterocycles. The molecule has 2 rings (SSSR count). The third-order valence-electron chi connectivity index (χ3n) is 3.17. The van der Waals surface area contributed by atoms with E-state index in [0.29, 0.717) is 18.1 Å². The summed E-state index contributed by atoms with van der Waals surface area (Å²) in [5.41, 5.74) is 0. The average molecular weight is 315 g/mol. The second-order valence-electron chi connectivity index (χ2n) is 4.78. The van der Waals surface area contributed by atoms with E-state index in [-0.39, 0.29) is 31.0 Å². The molecule has 1 amide bonds. The molecule has 0 bridgehead atoms. The highest BCUT2D eigenvalue weighted by molar-refractivity contribution is 5.85. The van der Waals surface area contributed by atoms with E-state index in [4.69, 9.17) is 9.47 Å². The van der Waals surface area contributed by atoms with Crippen molar-refractivity contribution in [2.45, 2.75) is 25.8 Å². The van der Waals surface area contributed by atoms with Crippen LogP contribution in [-0.4, -0.2) is 38.3 Å². The lowest BCUT2D eigenvalue weighted by molar-refractivity contribution is -0.123. The van der Waals surface area contributed by atoms with E-state index < -0.39 is 0 Å². The predicted octanol–water partition coefficient (Wildman–Crippen LogP) is 1.75. The van der Waals surface area contributed by atoms with Gasteiger partial charge in [0.1, 0.15) is 0 Å². The van der Waals surface area contributed by atoms with E-state index in [2.05, 4.69) is 10.6 Å². The van der Waals surface area contributed by atoms with Gasteiger partial charge in [0.2, 0.25) is 0 Å². The fourth-order valence-electron chi connectivity index (χ4n) is 2.23. The molecular formula is C15H23ClN2O3. The Morgan fingerprint density at radius 2 is 2.05 bits per heavy atom. The lowest BCUT2D eigenvalue weighted by Gasteiger charge is -2.23.